The zero-order valence-electron chi connectivity index (χ0n) is 7.50. The average Bonchev–Trinajstić information content (AvgIpc) is 2.26. The first kappa shape index (κ1) is 9.28. The van der Waals surface area contributed by atoms with Crippen LogP contribution in [0.3, 0.4) is 0 Å². The van der Waals surface area contributed by atoms with Gasteiger partial charge < -0.3 is 0 Å². The molecular formula is C12H10O. The lowest BCUT2D eigenvalue weighted by atomic mass is 10.2. The summed E-state index contributed by atoms with van der Waals surface area (Å²) in [5, 5.41) is 0. The van der Waals surface area contributed by atoms with Gasteiger partial charge in [0.05, 0.1) is 0 Å². The normalized spacial score (nSPS) is 8.38. The minimum atomic E-state index is 0.0339. The Kier molecular flexibility index (Phi) is 3.05. The molecule has 0 aliphatic heterocycles. The van der Waals surface area contributed by atoms with E-state index in [1.54, 1.807) is 19.1 Å². The Balaban J connectivity index is 3.29. The first-order valence-corrected chi connectivity index (χ1v) is 3.97. The summed E-state index contributed by atoms with van der Waals surface area (Å²) in [5.74, 6) is 5.61. The number of allylic oxidation sites excluding steroid dienone is 1. The lowest BCUT2D eigenvalue weighted by Crippen LogP contribution is -1.97. The fraction of sp³-hybridized carbons (Fsp3) is 0.0833. The highest BCUT2D eigenvalue weighted by atomic mass is 16.1. The van der Waals surface area contributed by atoms with Crippen molar-refractivity contribution < 1.29 is 0 Å². The van der Waals surface area contributed by atoms with Crippen LogP contribution in [0.15, 0.2) is 41.7 Å². The van der Waals surface area contributed by atoms with Crippen LogP contribution in [-0.2, 0) is 0 Å². The molecule has 1 rings (SSSR count). The summed E-state index contributed by atoms with van der Waals surface area (Å²) >= 11 is 0. The van der Waals surface area contributed by atoms with Gasteiger partial charge in [0, 0.05) is 5.56 Å². The van der Waals surface area contributed by atoms with E-state index in [2.05, 4.69) is 18.4 Å². The van der Waals surface area contributed by atoms with Gasteiger partial charge in [0.2, 0.25) is 0 Å². The fourth-order valence-corrected chi connectivity index (χ4v) is 0.935. The molecule has 1 nitrogen and oxygen atoms in total. The molecule has 0 fully saturated rings. The Labute approximate surface area is 77.7 Å². The lowest BCUT2D eigenvalue weighted by Gasteiger charge is -1.82. The van der Waals surface area contributed by atoms with Gasteiger partial charge in [-0.05, 0) is 36.8 Å². The van der Waals surface area contributed by atoms with Crippen molar-refractivity contribution in [2.24, 2.45) is 0 Å². The van der Waals surface area contributed by atoms with Crippen molar-refractivity contribution in [2.45, 2.75) is 6.92 Å². The lowest BCUT2D eigenvalue weighted by molar-refractivity contribution is 1.43. The minimum absolute atomic E-state index is 0.0339. The molecule has 1 aromatic rings. The molecule has 13 heavy (non-hydrogen) atoms. The zero-order chi connectivity index (χ0) is 9.68. The van der Waals surface area contributed by atoms with E-state index in [4.69, 9.17) is 0 Å². The predicted molar refractivity (Wildman–Crippen MR) is 54.5 cm³/mol. The van der Waals surface area contributed by atoms with Gasteiger partial charge in [0.15, 0.2) is 5.43 Å². The Bertz CT molecular complexity index is 433. The molecule has 0 amide bonds. The third-order valence-electron chi connectivity index (χ3n) is 1.60. The molecule has 0 bridgehead atoms. The van der Waals surface area contributed by atoms with Crippen molar-refractivity contribution >= 4 is 0 Å². The minimum Gasteiger partial charge on any atom is -0.290 e. The molecule has 0 atom stereocenters. The topological polar surface area (TPSA) is 17.1 Å². The van der Waals surface area contributed by atoms with Crippen molar-refractivity contribution in [3.05, 3.63) is 58.3 Å². The number of hydrogen-bond acceptors (Lipinski definition) is 1. The molecule has 0 heterocycles. The summed E-state index contributed by atoms with van der Waals surface area (Å²) in [4.78, 5) is 11.2. The third kappa shape index (κ3) is 2.61. The van der Waals surface area contributed by atoms with Crippen molar-refractivity contribution in [3.63, 3.8) is 0 Å². The van der Waals surface area contributed by atoms with E-state index in [9.17, 15) is 4.79 Å². The van der Waals surface area contributed by atoms with Crippen molar-refractivity contribution in [1.29, 1.82) is 0 Å². The number of hydrogen-bond donors (Lipinski definition) is 0. The third-order valence-corrected chi connectivity index (χ3v) is 1.60. The quantitative estimate of drug-likeness (QED) is 0.543. The van der Waals surface area contributed by atoms with Gasteiger partial charge in [-0.1, -0.05) is 24.5 Å². The van der Waals surface area contributed by atoms with Crippen LogP contribution >= 0.6 is 0 Å². The predicted octanol–water partition coefficient (Wildman–Crippen LogP) is 1.89. The molecule has 0 N–H and O–H groups in total. The van der Waals surface area contributed by atoms with E-state index in [0.29, 0.717) is 5.56 Å². The second kappa shape index (κ2) is 4.27. The molecule has 0 aliphatic carbocycles. The molecule has 0 saturated heterocycles. The largest absolute Gasteiger partial charge is 0.290 e. The standard InChI is InChI=1S/C12H10O/c1-3-4-6-11-7-5-8-12(13)10(2)9-11/h3,5,7-9H,1H2,2H3. The molecule has 0 radical (unpaired) electrons. The van der Waals surface area contributed by atoms with Crippen LogP contribution in [0.4, 0.5) is 0 Å². The Morgan fingerprint density at radius 2 is 2.23 bits per heavy atom. The SMILES string of the molecule is C=CC#Cc1cccc(=O)c(C)c1. The first-order valence-electron chi connectivity index (χ1n) is 3.97. The van der Waals surface area contributed by atoms with Gasteiger partial charge >= 0.3 is 0 Å². The van der Waals surface area contributed by atoms with Crippen LogP contribution in [0.1, 0.15) is 11.1 Å². The van der Waals surface area contributed by atoms with Gasteiger partial charge in [0.1, 0.15) is 0 Å². The van der Waals surface area contributed by atoms with Crippen LogP contribution in [0.5, 0.6) is 0 Å². The van der Waals surface area contributed by atoms with E-state index in [1.807, 2.05) is 6.07 Å². The average molecular weight is 170 g/mol. The van der Waals surface area contributed by atoms with Gasteiger partial charge in [-0.15, -0.1) is 0 Å². The maximum Gasteiger partial charge on any atom is 0.181 e. The highest BCUT2D eigenvalue weighted by Crippen LogP contribution is 1.95. The van der Waals surface area contributed by atoms with Gasteiger partial charge in [-0.2, -0.15) is 0 Å². The molecule has 1 aromatic carbocycles. The summed E-state index contributed by atoms with van der Waals surface area (Å²) < 4.78 is 0. The first-order chi connectivity index (χ1) is 6.24. The summed E-state index contributed by atoms with van der Waals surface area (Å²) in [7, 11) is 0. The number of rotatable bonds is 0. The van der Waals surface area contributed by atoms with Crippen LogP contribution in [-0.4, -0.2) is 0 Å². The molecule has 0 spiro atoms. The summed E-state index contributed by atoms with van der Waals surface area (Å²) in [6.07, 6.45) is 1.53. The van der Waals surface area contributed by atoms with Gasteiger partial charge in [0.25, 0.3) is 0 Å². The summed E-state index contributed by atoms with van der Waals surface area (Å²) in [6.45, 7) is 5.28. The Hall–Kier alpha value is -1.81. The Morgan fingerprint density at radius 1 is 1.46 bits per heavy atom. The van der Waals surface area contributed by atoms with Crippen LogP contribution in [0.25, 0.3) is 0 Å². The molecular weight excluding hydrogens is 160 g/mol. The van der Waals surface area contributed by atoms with E-state index in [0.717, 1.165) is 5.56 Å². The van der Waals surface area contributed by atoms with Crippen molar-refractivity contribution in [2.75, 3.05) is 0 Å². The van der Waals surface area contributed by atoms with Crippen molar-refractivity contribution in [3.8, 4) is 11.8 Å². The molecule has 0 saturated carbocycles. The molecule has 0 aromatic heterocycles. The summed E-state index contributed by atoms with van der Waals surface area (Å²) in [5.41, 5.74) is 1.57. The molecule has 0 unspecified atom stereocenters. The molecule has 1 heteroatoms. The molecule has 64 valence electrons. The summed E-state index contributed by atoms with van der Waals surface area (Å²) in [6, 6.07) is 6.83. The molecule has 0 aliphatic rings. The van der Waals surface area contributed by atoms with Crippen LogP contribution < -0.4 is 5.43 Å². The van der Waals surface area contributed by atoms with E-state index >= 15 is 0 Å². The van der Waals surface area contributed by atoms with E-state index < -0.39 is 0 Å². The maximum atomic E-state index is 11.2. The van der Waals surface area contributed by atoms with E-state index in [-0.39, 0.29) is 5.43 Å². The highest BCUT2D eigenvalue weighted by Gasteiger charge is 1.89. The fourth-order valence-electron chi connectivity index (χ4n) is 0.935. The van der Waals surface area contributed by atoms with Crippen molar-refractivity contribution in [1.82, 2.24) is 0 Å². The van der Waals surface area contributed by atoms with E-state index in [1.165, 1.54) is 12.1 Å². The zero-order valence-corrected chi connectivity index (χ0v) is 7.50. The second-order valence-electron chi connectivity index (χ2n) is 2.65. The maximum absolute atomic E-state index is 11.2. The smallest absolute Gasteiger partial charge is 0.181 e. The van der Waals surface area contributed by atoms with Gasteiger partial charge in [-0.25, -0.2) is 0 Å². The van der Waals surface area contributed by atoms with Gasteiger partial charge in [-0.3, -0.25) is 4.79 Å². The Morgan fingerprint density at radius 3 is 2.92 bits per heavy atom. The van der Waals surface area contributed by atoms with Crippen LogP contribution in [0, 0.1) is 18.8 Å². The second-order valence-corrected chi connectivity index (χ2v) is 2.65. The monoisotopic (exact) mass is 170 g/mol. The number of aryl methyl sites for hydroxylation is 1. The highest BCUT2D eigenvalue weighted by molar-refractivity contribution is 5.37. The van der Waals surface area contributed by atoms with Crippen LogP contribution in [0.2, 0.25) is 0 Å².